The molecular formula is C13H21N3. The fourth-order valence-electron chi connectivity index (χ4n) is 3.40. The summed E-state index contributed by atoms with van der Waals surface area (Å²) < 4.78 is 2.24. The van der Waals surface area contributed by atoms with E-state index in [1.165, 1.54) is 56.3 Å². The molecule has 1 saturated carbocycles. The maximum absolute atomic E-state index is 5.85. The molecule has 16 heavy (non-hydrogen) atoms. The molecule has 0 aromatic carbocycles. The van der Waals surface area contributed by atoms with Crippen LogP contribution in [-0.2, 0) is 19.5 Å². The van der Waals surface area contributed by atoms with E-state index in [0.717, 1.165) is 12.5 Å². The van der Waals surface area contributed by atoms with Crippen molar-refractivity contribution in [2.24, 2.45) is 5.73 Å². The van der Waals surface area contributed by atoms with Crippen LogP contribution < -0.4 is 5.73 Å². The third-order valence-corrected chi connectivity index (χ3v) is 4.17. The molecule has 3 nitrogen and oxygen atoms in total. The molecule has 88 valence electrons. The largest absolute Gasteiger partial charge is 0.325 e. The van der Waals surface area contributed by atoms with Crippen LogP contribution in [0, 0.1) is 0 Å². The smallest absolute Gasteiger partial charge is 0.0797 e. The van der Waals surface area contributed by atoms with E-state index in [0.29, 0.717) is 6.54 Å². The van der Waals surface area contributed by atoms with Crippen molar-refractivity contribution in [2.75, 3.05) is 0 Å². The van der Waals surface area contributed by atoms with Gasteiger partial charge in [-0.1, -0.05) is 12.8 Å². The zero-order valence-corrected chi connectivity index (χ0v) is 9.91. The Morgan fingerprint density at radius 3 is 2.75 bits per heavy atom. The molecule has 3 rings (SSSR count). The Morgan fingerprint density at radius 1 is 1.19 bits per heavy atom. The highest BCUT2D eigenvalue weighted by Gasteiger charge is 2.27. The Morgan fingerprint density at radius 2 is 2.00 bits per heavy atom. The average Bonchev–Trinajstić information content (AvgIpc) is 2.94. The molecule has 1 aliphatic heterocycles. The summed E-state index contributed by atoms with van der Waals surface area (Å²) in [4.78, 5) is 0. The molecule has 0 bridgehead atoms. The van der Waals surface area contributed by atoms with Crippen LogP contribution in [-0.4, -0.2) is 9.78 Å². The van der Waals surface area contributed by atoms with E-state index in [2.05, 4.69) is 4.68 Å². The van der Waals surface area contributed by atoms with Gasteiger partial charge in [0.05, 0.1) is 5.69 Å². The molecule has 0 amide bonds. The number of aryl methyl sites for hydroxylation is 1. The fourth-order valence-corrected chi connectivity index (χ4v) is 3.40. The molecule has 0 spiro atoms. The second-order valence-corrected chi connectivity index (χ2v) is 5.17. The molecule has 1 aromatic rings. The predicted octanol–water partition coefficient (Wildman–Crippen LogP) is 2.34. The van der Waals surface area contributed by atoms with E-state index in [4.69, 9.17) is 10.8 Å². The Labute approximate surface area is 97.0 Å². The number of nitrogens with two attached hydrogens (primary N) is 1. The number of aromatic nitrogens is 2. The number of fused-ring (bicyclic) bond motifs is 1. The first-order valence-electron chi connectivity index (χ1n) is 6.68. The molecule has 0 unspecified atom stereocenters. The van der Waals surface area contributed by atoms with Gasteiger partial charge in [0.15, 0.2) is 0 Å². The number of hydrogen-bond donors (Lipinski definition) is 1. The van der Waals surface area contributed by atoms with E-state index in [1.807, 2.05) is 0 Å². The van der Waals surface area contributed by atoms with Gasteiger partial charge >= 0.3 is 0 Å². The Balaban J connectivity index is 2.02. The highest BCUT2D eigenvalue weighted by Crippen LogP contribution is 2.38. The summed E-state index contributed by atoms with van der Waals surface area (Å²) in [6, 6.07) is 0. The number of rotatable bonds is 2. The van der Waals surface area contributed by atoms with Gasteiger partial charge in [-0.3, -0.25) is 4.68 Å². The van der Waals surface area contributed by atoms with Gasteiger partial charge in [-0.25, -0.2) is 0 Å². The third kappa shape index (κ3) is 1.58. The molecule has 3 heteroatoms. The molecule has 1 aromatic heterocycles. The van der Waals surface area contributed by atoms with Crippen LogP contribution in [0.4, 0.5) is 0 Å². The van der Waals surface area contributed by atoms with Crippen molar-refractivity contribution in [3.63, 3.8) is 0 Å². The molecule has 0 atom stereocenters. The molecule has 0 saturated heterocycles. The maximum atomic E-state index is 5.85. The van der Waals surface area contributed by atoms with Crippen molar-refractivity contribution in [1.29, 1.82) is 0 Å². The summed E-state index contributed by atoms with van der Waals surface area (Å²) in [5.41, 5.74) is 10.1. The van der Waals surface area contributed by atoms with Crippen LogP contribution >= 0.6 is 0 Å². The minimum atomic E-state index is 0.617. The Hall–Kier alpha value is -0.830. The summed E-state index contributed by atoms with van der Waals surface area (Å²) in [7, 11) is 0. The predicted molar refractivity (Wildman–Crippen MR) is 64.3 cm³/mol. The van der Waals surface area contributed by atoms with Crippen LogP contribution in [0.15, 0.2) is 0 Å². The lowest BCUT2D eigenvalue weighted by atomic mass is 9.92. The SMILES string of the molecule is NCc1nn2c(c1C1CCCC1)CCCC2. The topological polar surface area (TPSA) is 43.8 Å². The number of nitrogens with zero attached hydrogens (tertiary/aromatic N) is 2. The van der Waals surface area contributed by atoms with Gasteiger partial charge in [0, 0.05) is 24.3 Å². The molecule has 1 fully saturated rings. The zero-order valence-electron chi connectivity index (χ0n) is 9.91. The molecule has 2 heterocycles. The van der Waals surface area contributed by atoms with Gasteiger partial charge in [-0.2, -0.15) is 5.10 Å². The standard InChI is InChI=1S/C13H21N3/c14-9-11-13(10-5-1-2-6-10)12-7-3-4-8-16(12)15-11/h10H,1-9,14H2. The van der Waals surface area contributed by atoms with E-state index < -0.39 is 0 Å². The Kier molecular flexibility index (Phi) is 2.72. The van der Waals surface area contributed by atoms with E-state index >= 15 is 0 Å². The zero-order chi connectivity index (χ0) is 11.0. The summed E-state index contributed by atoms with van der Waals surface area (Å²) in [6.45, 7) is 1.72. The minimum absolute atomic E-state index is 0.617. The second-order valence-electron chi connectivity index (χ2n) is 5.17. The van der Waals surface area contributed by atoms with Gasteiger partial charge in [-0.05, 0) is 38.0 Å². The van der Waals surface area contributed by atoms with Crippen LogP contribution in [0.25, 0.3) is 0 Å². The lowest BCUT2D eigenvalue weighted by molar-refractivity contribution is 0.480. The summed E-state index contributed by atoms with van der Waals surface area (Å²) in [5.74, 6) is 0.764. The van der Waals surface area contributed by atoms with Crippen LogP contribution in [0.1, 0.15) is 61.4 Å². The fraction of sp³-hybridized carbons (Fsp3) is 0.769. The van der Waals surface area contributed by atoms with Crippen molar-refractivity contribution in [3.05, 3.63) is 17.0 Å². The second kappa shape index (κ2) is 4.21. The lowest BCUT2D eigenvalue weighted by Gasteiger charge is -2.17. The van der Waals surface area contributed by atoms with Crippen LogP contribution in [0.3, 0.4) is 0 Å². The highest BCUT2D eigenvalue weighted by molar-refractivity contribution is 5.32. The van der Waals surface area contributed by atoms with E-state index in [1.54, 1.807) is 5.56 Å². The van der Waals surface area contributed by atoms with Crippen molar-refractivity contribution in [1.82, 2.24) is 9.78 Å². The van der Waals surface area contributed by atoms with Gasteiger partial charge < -0.3 is 5.73 Å². The van der Waals surface area contributed by atoms with Gasteiger partial charge in [0.25, 0.3) is 0 Å². The lowest BCUT2D eigenvalue weighted by Crippen LogP contribution is -2.12. The van der Waals surface area contributed by atoms with Crippen molar-refractivity contribution in [2.45, 2.75) is 64.0 Å². The first-order chi connectivity index (χ1) is 7.90. The van der Waals surface area contributed by atoms with Crippen molar-refractivity contribution in [3.8, 4) is 0 Å². The monoisotopic (exact) mass is 219 g/mol. The quantitative estimate of drug-likeness (QED) is 0.829. The molecule has 0 radical (unpaired) electrons. The maximum Gasteiger partial charge on any atom is 0.0797 e. The normalized spacial score (nSPS) is 21.3. The first-order valence-corrected chi connectivity index (χ1v) is 6.68. The van der Waals surface area contributed by atoms with Crippen molar-refractivity contribution >= 4 is 0 Å². The third-order valence-electron chi connectivity index (χ3n) is 4.17. The Bertz CT molecular complexity index is 375. The molecule has 2 aliphatic rings. The van der Waals surface area contributed by atoms with Crippen LogP contribution in [0.2, 0.25) is 0 Å². The minimum Gasteiger partial charge on any atom is -0.325 e. The first kappa shape index (κ1) is 10.3. The van der Waals surface area contributed by atoms with Gasteiger partial charge in [0.1, 0.15) is 0 Å². The van der Waals surface area contributed by atoms with E-state index in [9.17, 15) is 0 Å². The van der Waals surface area contributed by atoms with E-state index in [-0.39, 0.29) is 0 Å². The molecular weight excluding hydrogens is 198 g/mol. The van der Waals surface area contributed by atoms with Crippen molar-refractivity contribution < 1.29 is 0 Å². The van der Waals surface area contributed by atoms with Gasteiger partial charge in [-0.15, -0.1) is 0 Å². The summed E-state index contributed by atoms with van der Waals surface area (Å²) in [6.07, 6.45) is 9.31. The summed E-state index contributed by atoms with van der Waals surface area (Å²) >= 11 is 0. The van der Waals surface area contributed by atoms with Crippen LogP contribution in [0.5, 0.6) is 0 Å². The average molecular weight is 219 g/mol. The van der Waals surface area contributed by atoms with Gasteiger partial charge in [0.2, 0.25) is 0 Å². The highest BCUT2D eigenvalue weighted by atomic mass is 15.3. The summed E-state index contributed by atoms with van der Waals surface area (Å²) in [5, 5.41) is 4.71. The molecule has 2 N–H and O–H groups in total. The number of hydrogen-bond acceptors (Lipinski definition) is 2. The molecule has 1 aliphatic carbocycles.